The first-order valence-electron chi connectivity index (χ1n) is 24.0. The first-order chi connectivity index (χ1) is 35.2. The lowest BCUT2D eigenvalue weighted by Crippen LogP contribution is -1.96. The molecule has 5 aromatic heterocycles. The highest BCUT2D eigenvalue weighted by atomic mass is 16.5. The van der Waals surface area contributed by atoms with Crippen LogP contribution in [0.5, 0.6) is 11.5 Å². The number of aromatic nitrogens is 4. The highest BCUT2D eigenvalue weighted by Crippen LogP contribution is 2.42. The number of nitrogens with zero attached hydrogens (tertiary/aromatic N) is 4. The standard InChI is InChI=1S/C65H40N4O2/c1-3-14-45(15-4-1)67-57-22-10-7-18-49(57)53-34-41(26-30-59(53)67)43-28-32-61-55(36-43)56-37-44(42-27-31-60-54(35-42)50-19-8-11-23-58(50)68(60)46-16-5-2-6-17-46)29-33-62(56)69(61)47-38-48(40-66-39-47)70-64-25-13-21-52-51-20-9-12-24-63(51)71-65(52)64/h1-40H. The molecule has 0 bridgehead atoms. The average Bonchev–Trinajstić information content (AvgIpc) is 4.18. The highest BCUT2D eigenvalue weighted by molar-refractivity contribution is 6.15. The molecule has 71 heavy (non-hydrogen) atoms. The summed E-state index contributed by atoms with van der Waals surface area (Å²) >= 11 is 0. The summed E-state index contributed by atoms with van der Waals surface area (Å²) in [4.78, 5) is 4.78. The molecule has 0 saturated carbocycles. The zero-order chi connectivity index (χ0) is 46.6. The number of furan rings is 1. The Bertz CT molecular complexity index is 4400. The van der Waals surface area contributed by atoms with E-state index in [-0.39, 0.29) is 0 Å². The summed E-state index contributed by atoms with van der Waals surface area (Å²) in [7, 11) is 0. The molecule has 15 rings (SSSR count). The summed E-state index contributed by atoms with van der Waals surface area (Å²) in [5.74, 6) is 1.26. The van der Waals surface area contributed by atoms with Crippen LogP contribution in [0, 0.1) is 0 Å². The van der Waals surface area contributed by atoms with Crippen LogP contribution in [0.3, 0.4) is 0 Å². The Kier molecular flexibility index (Phi) is 8.56. The minimum Gasteiger partial charge on any atom is -0.452 e. The molecule has 6 heteroatoms. The van der Waals surface area contributed by atoms with Crippen LogP contribution < -0.4 is 4.74 Å². The number of rotatable bonds is 7. The summed E-state index contributed by atoms with van der Waals surface area (Å²) in [6.07, 6.45) is 3.69. The van der Waals surface area contributed by atoms with E-state index in [0.29, 0.717) is 17.1 Å². The summed E-state index contributed by atoms with van der Waals surface area (Å²) in [5.41, 5.74) is 16.2. The molecule has 0 saturated heterocycles. The molecule has 0 radical (unpaired) electrons. The van der Waals surface area contributed by atoms with Crippen molar-refractivity contribution in [3.63, 3.8) is 0 Å². The molecule has 15 aromatic rings. The molecule has 0 aliphatic heterocycles. The molecular formula is C65H40N4O2. The van der Waals surface area contributed by atoms with Crippen LogP contribution in [0.1, 0.15) is 0 Å². The summed E-state index contributed by atoms with van der Waals surface area (Å²) in [6, 6.07) is 82.4. The largest absolute Gasteiger partial charge is 0.452 e. The van der Waals surface area contributed by atoms with E-state index in [1.807, 2.05) is 36.5 Å². The normalized spacial score (nSPS) is 11.9. The van der Waals surface area contributed by atoms with Crippen LogP contribution in [0.15, 0.2) is 247 Å². The van der Waals surface area contributed by atoms with Crippen LogP contribution in [0.4, 0.5) is 0 Å². The van der Waals surface area contributed by atoms with Gasteiger partial charge in [0.25, 0.3) is 0 Å². The van der Waals surface area contributed by atoms with Gasteiger partial charge < -0.3 is 22.9 Å². The maximum atomic E-state index is 6.66. The van der Waals surface area contributed by atoms with Gasteiger partial charge in [0.05, 0.1) is 51.2 Å². The van der Waals surface area contributed by atoms with Gasteiger partial charge in [0, 0.05) is 60.5 Å². The molecular weight excluding hydrogens is 869 g/mol. The fraction of sp³-hybridized carbons (Fsp3) is 0. The number of hydrogen-bond acceptors (Lipinski definition) is 3. The van der Waals surface area contributed by atoms with Gasteiger partial charge in [-0.2, -0.15) is 0 Å². The molecule has 10 aromatic carbocycles. The Morgan fingerprint density at radius 1 is 0.310 bits per heavy atom. The van der Waals surface area contributed by atoms with Crippen molar-refractivity contribution in [3.05, 3.63) is 243 Å². The van der Waals surface area contributed by atoms with Gasteiger partial charge in [-0.15, -0.1) is 0 Å². The van der Waals surface area contributed by atoms with Crippen molar-refractivity contribution in [2.45, 2.75) is 0 Å². The highest BCUT2D eigenvalue weighted by Gasteiger charge is 2.20. The van der Waals surface area contributed by atoms with E-state index in [9.17, 15) is 0 Å². The maximum Gasteiger partial charge on any atom is 0.177 e. The van der Waals surface area contributed by atoms with Gasteiger partial charge in [0.1, 0.15) is 11.3 Å². The second-order valence-corrected chi connectivity index (χ2v) is 18.4. The zero-order valence-corrected chi connectivity index (χ0v) is 38.2. The number of pyridine rings is 1. The zero-order valence-electron chi connectivity index (χ0n) is 38.2. The molecule has 0 N–H and O–H groups in total. The molecule has 0 aliphatic rings. The fourth-order valence-electron chi connectivity index (χ4n) is 11.2. The van der Waals surface area contributed by atoms with Crippen LogP contribution >= 0.6 is 0 Å². The van der Waals surface area contributed by atoms with E-state index in [4.69, 9.17) is 14.1 Å². The van der Waals surface area contributed by atoms with Crippen molar-refractivity contribution >= 4 is 87.4 Å². The van der Waals surface area contributed by atoms with E-state index in [0.717, 1.165) is 77.5 Å². The van der Waals surface area contributed by atoms with Crippen molar-refractivity contribution in [3.8, 4) is 50.8 Å². The molecule has 5 heterocycles. The first kappa shape index (κ1) is 39.4. The van der Waals surface area contributed by atoms with Gasteiger partial charge in [0.2, 0.25) is 0 Å². The third kappa shape index (κ3) is 6.11. The Morgan fingerprint density at radius 3 is 1.27 bits per heavy atom. The number of hydrogen-bond donors (Lipinski definition) is 0. The van der Waals surface area contributed by atoms with Crippen molar-refractivity contribution in [2.75, 3.05) is 0 Å². The Hall–Kier alpha value is -9.65. The number of benzene rings is 10. The predicted molar refractivity (Wildman–Crippen MR) is 292 cm³/mol. The predicted octanol–water partition coefficient (Wildman–Crippen LogP) is 17.4. The van der Waals surface area contributed by atoms with Gasteiger partial charge in [-0.3, -0.25) is 4.98 Å². The maximum absolute atomic E-state index is 6.66. The van der Waals surface area contributed by atoms with Crippen molar-refractivity contribution in [1.82, 2.24) is 18.7 Å². The molecule has 0 atom stereocenters. The van der Waals surface area contributed by atoms with E-state index in [1.165, 1.54) is 43.6 Å². The number of fused-ring (bicyclic) bond motifs is 12. The molecule has 0 fully saturated rings. The van der Waals surface area contributed by atoms with Crippen LogP contribution in [-0.2, 0) is 0 Å². The molecule has 332 valence electrons. The van der Waals surface area contributed by atoms with Crippen LogP contribution in [0.25, 0.3) is 127 Å². The van der Waals surface area contributed by atoms with E-state index >= 15 is 0 Å². The van der Waals surface area contributed by atoms with E-state index < -0.39 is 0 Å². The SMILES string of the molecule is c1ccc(-n2c3ccccc3c3cc(-c4ccc5c(c4)c4cc(-c6ccc7c(c6)c6ccccc6n7-c6ccccc6)ccc4n5-c4cncc(Oc5cccc6c5oc5ccccc56)c4)ccc32)cc1. The van der Waals surface area contributed by atoms with Gasteiger partial charge in [-0.1, -0.05) is 127 Å². The van der Waals surface area contributed by atoms with Crippen molar-refractivity contribution in [2.24, 2.45) is 0 Å². The fourth-order valence-corrected chi connectivity index (χ4v) is 11.2. The lowest BCUT2D eigenvalue weighted by atomic mass is 9.98. The van der Waals surface area contributed by atoms with Gasteiger partial charge in [0.15, 0.2) is 11.3 Å². The second-order valence-electron chi connectivity index (χ2n) is 18.4. The second kappa shape index (κ2) is 15.4. The van der Waals surface area contributed by atoms with Crippen LogP contribution in [0.2, 0.25) is 0 Å². The lowest BCUT2D eigenvalue weighted by molar-refractivity contribution is 0.474. The monoisotopic (exact) mass is 908 g/mol. The molecule has 6 nitrogen and oxygen atoms in total. The Balaban J connectivity index is 0.907. The molecule has 0 amide bonds. The average molecular weight is 909 g/mol. The van der Waals surface area contributed by atoms with E-state index in [1.54, 1.807) is 6.20 Å². The van der Waals surface area contributed by atoms with Crippen LogP contribution in [-0.4, -0.2) is 18.7 Å². The minimum atomic E-state index is 0.615. The summed E-state index contributed by atoms with van der Waals surface area (Å²) < 4.78 is 20.1. The lowest BCUT2D eigenvalue weighted by Gasteiger charge is -2.11. The summed E-state index contributed by atoms with van der Waals surface area (Å²) in [5, 5.41) is 9.25. The van der Waals surface area contributed by atoms with Gasteiger partial charge >= 0.3 is 0 Å². The minimum absolute atomic E-state index is 0.615. The van der Waals surface area contributed by atoms with Crippen molar-refractivity contribution in [1.29, 1.82) is 0 Å². The van der Waals surface area contributed by atoms with E-state index in [2.05, 4.69) is 214 Å². The first-order valence-corrected chi connectivity index (χ1v) is 24.0. The molecule has 0 unspecified atom stereocenters. The van der Waals surface area contributed by atoms with Gasteiger partial charge in [-0.25, -0.2) is 0 Å². The Labute approximate surface area is 407 Å². The van der Waals surface area contributed by atoms with Gasteiger partial charge in [-0.05, 0) is 119 Å². The number of para-hydroxylation sites is 6. The number of ether oxygens (including phenoxy) is 1. The summed E-state index contributed by atoms with van der Waals surface area (Å²) in [6.45, 7) is 0. The topological polar surface area (TPSA) is 50.0 Å². The quantitative estimate of drug-likeness (QED) is 0.160. The molecule has 0 spiro atoms. The third-order valence-electron chi connectivity index (χ3n) is 14.4. The molecule has 0 aliphatic carbocycles. The Morgan fingerprint density at radius 2 is 0.732 bits per heavy atom. The smallest absolute Gasteiger partial charge is 0.177 e. The third-order valence-corrected chi connectivity index (χ3v) is 14.4. The van der Waals surface area contributed by atoms with Crippen molar-refractivity contribution < 1.29 is 9.15 Å².